The van der Waals surface area contributed by atoms with Crippen molar-refractivity contribution in [1.82, 2.24) is 9.55 Å². The Labute approximate surface area is 188 Å². The van der Waals surface area contributed by atoms with Crippen LogP contribution in [0.2, 0.25) is 0 Å². The first-order chi connectivity index (χ1) is 15.4. The maximum Gasteiger partial charge on any atom is 0.339 e. The van der Waals surface area contributed by atoms with Crippen molar-refractivity contribution >= 4 is 39.1 Å². The molecular weight excluding hydrogens is 426 g/mol. The number of methoxy groups -OCH3 is 1. The minimum Gasteiger partial charge on any atom is -0.465 e. The second-order valence-corrected chi connectivity index (χ2v) is 8.25. The molecule has 2 heterocycles. The quantitative estimate of drug-likeness (QED) is 0.464. The molecule has 0 unspecified atom stereocenters. The van der Waals surface area contributed by atoms with E-state index in [1.807, 2.05) is 37.4 Å². The van der Waals surface area contributed by atoms with E-state index in [4.69, 9.17) is 4.74 Å². The number of ether oxygens (including phenoxy) is 1. The van der Waals surface area contributed by atoms with E-state index >= 15 is 0 Å². The number of hydrogen-bond acceptors (Lipinski definition) is 6. The van der Waals surface area contributed by atoms with Crippen molar-refractivity contribution < 1.29 is 14.3 Å². The minimum absolute atomic E-state index is 0.235. The zero-order chi connectivity index (χ0) is 22.8. The summed E-state index contributed by atoms with van der Waals surface area (Å²) in [4.78, 5) is 42.8. The van der Waals surface area contributed by atoms with Crippen LogP contribution in [0.5, 0.6) is 0 Å². The number of hydrogen-bond donors (Lipinski definition) is 1. The predicted octanol–water partition coefficient (Wildman–Crippen LogP) is 4.17. The van der Waals surface area contributed by atoms with Gasteiger partial charge >= 0.3 is 5.97 Å². The average Bonchev–Trinajstić information content (AvgIpc) is 3.22. The van der Waals surface area contributed by atoms with Gasteiger partial charge in [0.25, 0.3) is 5.56 Å². The molecule has 7 nitrogen and oxygen atoms in total. The van der Waals surface area contributed by atoms with Gasteiger partial charge in [-0.3, -0.25) is 14.2 Å². The number of para-hydroxylation sites is 1. The molecule has 8 heteroatoms. The molecule has 1 N–H and O–H groups in total. The lowest BCUT2D eigenvalue weighted by Gasteiger charge is -2.11. The molecule has 0 bridgehead atoms. The number of rotatable bonds is 5. The van der Waals surface area contributed by atoms with E-state index in [1.54, 1.807) is 24.3 Å². The third-order valence-corrected chi connectivity index (χ3v) is 6.19. The number of aromatic nitrogens is 2. The third-order valence-electron chi connectivity index (χ3n) is 5.30. The van der Waals surface area contributed by atoms with Crippen molar-refractivity contribution in [1.29, 1.82) is 0 Å². The molecule has 0 fully saturated rings. The molecule has 0 spiro atoms. The van der Waals surface area contributed by atoms with Crippen LogP contribution in [0.15, 0.2) is 59.0 Å². The van der Waals surface area contributed by atoms with Gasteiger partial charge in [-0.1, -0.05) is 30.3 Å². The molecule has 2 aromatic heterocycles. The number of carbonyl (C=O) groups is 2. The predicted molar refractivity (Wildman–Crippen MR) is 125 cm³/mol. The van der Waals surface area contributed by atoms with Gasteiger partial charge in [0.15, 0.2) is 0 Å². The van der Waals surface area contributed by atoms with Crippen molar-refractivity contribution in [2.45, 2.75) is 20.4 Å². The lowest BCUT2D eigenvalue weighted by molar-refractivity contribution is -0.116. The Bertz CT molecular complexity index is 1400. The van der Waals surface area contributed by atoms with Crippen LogP contribution < -0.4 is 10.9 Å². The summed E-state index contributed by atoms with van der Waals surface area (Å²) in [7, 11) is 1.27. The number of benzene rings is 2. The number of anilines is 1. The number of aryl methyl sites for hydroxylation is 2. The van der Waals surface area contributed by atoms with Crippen LogP contribution in [0.3, 0.4) is 0 Å². The fourth-order valence-corrected chi connectivity index (χ4v) is 4.33. The van der Waals surface area contributed by atoms with Gasteiger partial charge in [0, 0.05) is 10.9 Å². The second kappa shape index (κ2) is 8.76. The van der Waals surface area contributed by atoms with E-state index in [-0.39, 0.29) is 17.7 Å². The number of fused-ring (bicyclic) bond motifs is 1. The Hall–Kier alpha value is -3.78. The summed E-state index contributed by atoms with van der Waals surface area (Å²) in [5, 5.41) is 5.08. The number of thiophene rings is 1. The largest absolute Gasteiger partial charge is 0.465 e. The molecule has 32 heavy (non-hydrogen) atoms. The standard InChI is InChI=1S/C24H21N3O4S/c1-14-8-9-16(10-15(14)2)18-12-32-22-21(18)23(29)27(13-25-22)11-20(28)26-19-7-5-4-6-17(19)24(30)31-3/h4-10,12-13H,11H2,1-3H3,(H,26,28). The van der Waals surface area contributed by atoms with Gasteiger partial charge in [-0.25, -0.2) is 9.78 Å². The Morgan fingerprint density at radius 3 is 2.66 bits per heavy atom. The zero-order valence-electron chi connectivity index (χ0n) is 17.8. The molecule has 0 radical (unpaired) electrons. The maximum atomic E-state index is 13.2. The smallest absolute Gasteiger partial charge is 0.339 e. The summed E-state index contributed by atoms with van der Waals surface area (Å²) in [6.45, 7) is 3.83. The van der Waals surface area contributed by atoms with E-state index in [9.17, 15) is 14.4 Å². The summed E-state index contributed by atoms with van der Waals surface area (Å²) < 4.78 is 6.03. The number of nitrogens with one attached hydrogen (secondary N) is 1. The highest BCUT2D eigenvalue weighted by atomic mass is 32.1. The second-order valence-electron chi connectivity index (χ2n) is 7.39. The summed E-state index contributed by atoms with van der Waals surface area (Å²) in [6, 6.07) is 12.6. The van der Waals surface area contributed by atoms with E-state index in [0.29, 0.717) is 15.9 Å². The number of carbonyl (C=O) groups excluding carboxylic acids is 2. The molecule has 0 saturated heterocycles. The molecule has 0 atom stereocenters. The lowest BCUT2D eigenvalue weighted by Crippen LogP contribution is -2.28. The van der Waals surface area contributed by atoms with Gasteiger partial charge in [0.2, 0.25) is 5.91 Å². The molecule has 162 valence electrons. The normalized spacial score (nSPS) is 10.8. The zero-order valence-corrected chi connectivity index (χ0v) is 18.7. The molecule has 2 aromatic carbocycles. The molecule has 0 aliphatic rings. The van der Waals surface area contributed by atoms with Crippen molar-refractivity contribution in [2.24, 2.45) is 0 Å². The Balaban J connectivity index is 1.65. The minimum atomic E-state index is -0.558. The van der Waals surface area contributed by atoms with Crippen LogP contribution in [0.1, 0.15) is 21.5 Å². The highest BCUT2D eigenvalue weighted by molar-refractivity contribution is 7.17. The van der Waals surface area contributed by atoms with Crippen LogP contribution in [0.4, 0.5) is 5.69 Å². The van der Waals surface area contributed by atoms with Gasteiger partial charge in [0.1, 0.15) is 11.4 Å². The molecule has 0 aliphatic carbocycles. The molecule has 4 rings (SSSR count). The Kier molecular flexibility index (Phi) is 5.87. The first kappa shape index (κ1) is 21.5. The van der Waals surface area contributed by atoms with Crippen molar-refractivity contribution in [3.8, 4) is 11.1 Å². The first-order valence-corrected chi connectivity index (χ1v) is 10.8. The monoisotopic (exact) mass is 447 g/mol. The third kappa shape index (κ3) is 4.04. The first-order valence-electron chi connectivity index (χ1n) is 9.90. The van der Waals surface area contributed by atoms with Gasteiger partial charge in [-0.15, -0.1) is 11.3 Å². The van der Waals surface area contributed by atoms with Crippen molar-refractivity contribution in [3.05, 3.63) is 81.2 Å². The topological polar surface area (TPSA) is 90.3 Å². The highest BCUT2D eigenvalue weighted by Gasteiger charge is 2.17. The SMILES string of the molecule is COC(=O)c1ccccc1NC(=O)Cn1cnc2scc(-c3ccc(C)c(C)c3)c2c1=O. The fraction of sp³-hybridized carbons (Fsp3) is 0.167. The maximum absolute atomic E-state index is 13.2. The van der Waals surface area contributed by atoms with Crippen LogP contribution in [-0.2, 0) is 16.1 Å². The molecule has 0 aliphatic heterocycles. The molecule has 1 amide bonds. The Morgan fingerprint density at radius 2 is 1.91 bits per heavy atom. The van der Waals surface area contributed by atoms with E-state index in [1.165, 1.54) is 34.9 Å². The summed E-state index contributed by atoms with van der Waals surface area (Å²) in [6.07, 6.45) is 1.37. The van der Waals surface area contributed by atoms with Gasteiger partial charge in [0.05, 0.1) is 30.1 Å². The average molecular weight is 448 g/mol. The summed E-state index contributed by atoms with van der Waals surface area (Å²) in [5.41, 5.74) is 4.31. The molecule has 0 saturated carbocycles. The van der Waals surface area contributed by atoms with Crippen molar-refractivity contribution in [2.75, 3.05) is 12.4 Å². The van der Waals surface area contributed by atoms with Gasteiger partial charge < -0.3 is 10.1 Å². The lowest BCUT2D eigenvalue weighted by atomic mass is 10.0. The van der Waals surface area contributed by atoms with Crippen LogP contribution in [-0.4, -0.2) is 28.5 Å². The van der Waals surface area contributed by atoms with Crippen LogP contribution in [0.25, 0.3) is 21.3 Å². The van der Waals surface area contributed by atoms with Gasteiger partial charge in [-0.05, 0) is 42.7 Å². The molecular formula is C24H21N3O4S. The van der Waals surface area contributed by atoms with Crippen molar-refractivity contribution in [3.63, 3.8) is 0 Å². The van der Waals surface area contributed by atoms with E-state index < -0.39 is 11.9 Å². The van der Waals surface area contributed by atoms with Crippen LogP contribution >= 0.6 is 11.3 Å². The number of nitrogens with zero attached hydrogens (tertiary/aromatic N) is 2. The summed E-state index contributed by atoms with van der Waals surface area (Å²) >= 11 is 1.39. The van der Waals surface area contributed by atoms with E-state index in [0.717, 1.165) is 16.7 Å². The fourth-order valence-electron chi connectivity index (χ4n) is 3.43. The molecule has 4 aromatic rings. The van der Waals surface area contributed by atoms with Crippen LogP contribution in [0, 0.1) is 13.8 Å². The summed E-state index contributed by atoms with van der Waals surface area (Å²) in [5.74, 6) is -1.01. The number of esters is 1. The highest BCUT2D eigenvalue weighted by Crippen LogP contribution is 2.31. The number of amides is 1. The van der Waals surface area contributed by atoms with E-state index in [2.05, 4.69) is 10.3 Å². The van der Waals surface area contributed by atoms with Gasteiger partial charge in [-0.2, -0.15) is 0 Å². The Morgan fingerprint density at radius 1 is 1.12 bits per heavy atom.